The van der Waals surface area contributed by atoms with Gasteiger partial charge in [-0.2, -0.15) is 0 Å². The molecule has 7 nitrogen and oxygen atoms in total. The van der Waals surface area contributed by atoms with E-state index in [4.69, 9.17) is 21.1 Å². The van der Waals surface area contributed by atoms with Crippen LogP contribution in [0.1, 0.15) is 5.56 Å². The minimum absolute atomic E-state index is 0.284. The molecule has 0 saturated heterocycles. The second-order valence-corrected chi connectivity index (χ2v) is 8.53. The van der Waals surface area contributed by atoms with E-state index >= 15 is 0 Å². The van der Waals surface area contributed by atoms with Crippen molar-refractivity contribution < 1.29 is 22.7 Å². The van der Waals surface area contributed by atoms with Crippen molar-refractivity contribution in [3.05, 3.63) is 53.1 Å². The fourth-order valence-corrected chi connectivity index (χ4v) is 3.64. The molecule has 0 aliphatic rings. The van der Waals surface area contributed by atoms with Gasteiger partial charge < -0.3 is 14.4 Å². The van der Waals surface area contributed by atoms with E-state index in [1.165, 1.54) is 18.1 Å². The molecule has 0 atom stereocenters. The highest BCUT2D eigenvalue weighted by Crippen LogP contribution is 2.28. The Kier molecular flexibility index (Phi) is 7.15. The predicted octanol–water partition coefficient (Wildman–Crippen LogP) is 2.78. The van der Waals surface area contributed by atoms with Crippen molar-refractivity contribution in [2.75, 3.05) is 38.4 Å². The van der Waals surface area contributed by atoms with Gasteiger partial charge in [-0.05, 0) is 35.9 Å². The van der Waals surface area contributed by atoms with Crippen molar-refractivity contribution >= 4 is 33.2 Å². The molecule has 0 saturated carbocycles. The molecule has 0 aliphatic carbocycles. The van der Waals surface area contributed by atoms with E-state index in [0.717, 1.165) is 16.1 Å². The molecular weight excluding hydrogens is 404 g/mol. The lowest BCUT2D eigenvalue weighted by Gasteiger charge is -2.25. The van der Waals surface area contributed by atoms with Crippen molar-refractivity contribution in [2.24, 2.45) is 0 Å². The first-order chi connectivity index (χ1) is 13.2. The Morgan fingerprint density at radius 1 is 1.07 bits per heavy atom. The molecule has 0 aromatic heterocycles. The third kappa shape index (κ3) is 5.53. The molecule has 0 bridgehead atoms. The van der Waals surface area contributed by atoms with Crippen LogP contribution in [0.25, 0.3) is 0 Å². The SMILES string of the molecule is COc1ccc(CN(C)C(=O)CN(c2cccc(Cl)c2)S(C)(=O)=O)cc1OC. The van der Waals surface area contributed by atoms with Gasteiger partial charge in [0.2, 0.25) is 15.9 Å². The molecule has 2 rings (SSSR count). The summed E-state index contributed by atoms with van der Waals surface area (Å²) >= 11 is 5.96. The van der Waals surface area contributed by atoms with Gasteiger partial charge >= 0.3 is 0 Å². The highest BCUT2D eigenvalue weighted by molar-refractivity contribution is 7.92. The Morgan fingerprint density at radius 2 is 1.75 bits per heavy atom. The first-order valence-electron chi connectivity index (χ1n) is 8.34. The monoisotopic (exact) mass is 426 g/mol. The maximum atomic E-state index is 12.7. The summed E-state index contributed by atoms with van der Waals surface area (Å²) in [6, 6.07) is 11.7. The summed E-state index contributed by atoms with van der Waals surface area (Å²) in [4.78, 5) is 14.1. The normalized spacial score (nSPS) is 11.0. The fraction of sp³-hybridized carbons (Fsp3) is 0.316. The first kappa shape index (κ1) is 21.8. The van der Waals surface area contributed by atoms with Crippen LogP contribution in [0.2, 0.25) is 5.02 Å². The van der Waals surface area contributed by atoms with Gasteiger partial charge in [-0.1, -0.05) is 23.7 Å². The number of sulfonamides is 1. The van der Waals surface area contributed by atoms with Crippen LogP contribution in [-0.2, 0) is 21.4 Å². The van der Waals surface area contributed by atoms with Gasteiger partial charge in [0.1, 0.15) is 6.54 Å². The van der Waals surface area contributed by atoms with E-state index in [1.54, 1.807) is 44.5 Å². The Hall–Kier alpha value is -2.45. The zero-order valence-electron chi connectivity index (χ0n) is 16.2. The van der Waals surface area contributed by atoms with E-state index in [1.807, 2.05) is 6.07 Å². The fourth-order valence-electron chi connectivity index (χ4n) is 2.62. The van der Waals surface area contributed by atoms with E-state index in [-0.39, 0.29) is 19.0 Å². The molecule has 0 spiro atoms. The number of methoxy groups -OCH3 is 2. The number of halogens is 1. The minimum atomic E-state index is -3.67. The molecule has 0 radical (unpaired) electrons. The molecule has 0 heterocycles. The Morgan fingerprint density at radius 3 is 2.32 bits per heavy atom. The number of carbonyl (C=O) groups excluding carboxylic acids is 1. The Labute approximate surface area is 170 Å². The minimum Gasteiger partial charge on any atom is -0.493 e. The maximum absolute atomic E-state index is 12.7. The van der Waals surface area contributed by atoms with Crippen LogP contribution < -0.4 is 13.8 Å². The van der Waals surface area contributed by atoms with E-state index < -0.39 is 10.0 Å². The van der Waals surface area contributed by atoms with Gasteiger partial charge in [-0.3, -0.25) is 9.10 Å². The van der Waals surface area contributed by atoms with Crippen LogP contribution in [0, 0.1) is 0 Å². The highest BCUT2D eigenvalue weighted by Gasteiger charge is 2.23. The zero-order chi connectivity index (χ0) is 20.9. The lowest BCUT2D eigenvalue weighted by Crippen LogP contribution is -2.41. The van der Waals surface area contributed by atoms with Crippen LogP contribution >= 0.6 is 11.6 Å². The van der Waals surface area contributed by atoms with Gasteiger partial charge in [-0.25, -0.2) is 8.42 Å². The summed E-state index contributed by atoms with van der Waals surface area (Å²) < 4.78 is 35.9. The van der Waals surface area contributed by atoms with Crippen molar-refractivity contribution in [1.29, 1.82) is 0 Å². The molecule has 28 heavy (non-hydrogen) atoms. The predicted molar refractivity (Wildman–Crippen MR) is 110 cm³/mol. The van der Waals surface area contributed by atoms with Gasteiger partial charge in [0.05, 0.1) is 26.2 Å². The third-order valence-electron chi connectivity index (χ3n) is 4.07. The second-order valence-electron chi connectivity index (χ2n) is 6.19. The summed E-state index contributed by atoms with van der Waals surface area (Å²) in [6.07, 6.45) is 1.05. The quantitative estimate of drug-likeness (QED) is 0.648. The van der Waals surface area contributed by atoms with Crippen LogP contribution in [0.15, 0.2) is 42.5 Å². The third-order valence-corrected chi connectivity index (χ3v) is 5.44. The molecule has 152 valence electrons. The molecule has 9 heteroatoms. The van der Waals surface area contributed by atoms with Gasteiger partial charge in [0, 0.05) is 18.6 Å². The summed E-state index contributed by atoms with van der Waals surface area (Å²) in [6.45, 7) is -0.0463. The van der Waals surface area contributed by atoms with Crippen molar-refractivity contribution in [1.82, 2.24) is 4.90 Å². The van der Waals surface area contributed by atoms with Crippen molar-refractivity contribution in [3.8, 4) is 11.5 Å². The molecule has 0 aliphatic heterocycles. The van der Waals surface area contributed by atoms with Crippen molar-refractivity contribution in [3.63, 3.8) is 0 Å². The lowest BCUT2D eigenvalue weighted by molar-refractivity contribution is -0.128. The van der Waals surface area contributed by atoms with Crippen LogP contribution in [0.4, 0.5) is 5.69 Å². The smallest absolute Gasteiger partial charge is 0.243 e. The summed E-state index contributed by atoms with van der Waals surface area (Å²) in [5.74, 6) is 0.780. The molecule has 2 aromatic carbocycles. The average molecular weight is 427 g/mol. The summed E-state index contributed by atoms with van der Waals surface area (Å²) in [5.41, 5.74) is 1.16. The number of anilines is 1. The van der Waals surface area contributed by atoms with E-state index in [2.05, 4.69) is 0 Å². The summed E-state index contributed by atoms with van der Waals surface area (Å²) in [5, 5.41) is 0.386. The molecule has 1 amide bonds. The first-order valence-corrected chi connectivity index (χ1v) is 10.6. The molecular formula is C19H23ClN2O5S. The number of benzene rings is 2. The molecule has 0 unspecified atom stereocenters. The number of nitrogens with zero attached hydrogens (tertiary/aromatic N) is 2. The zero-order valence-corrected chi connectivity index (χ0v) is 17.7. The van der Waals surface area contributed by atoms with E-state index in [9.17, 15) is 13.2 Å². The van der Waals surface area contributed by atoms with Crippen molar-refractivity contribution in [2.45, 2.75) is 6.54 Å². The number of ether oxygens (including phenoxy) is 2. The average Bonchev–Trinajstić information content (AvgIpc) is 2.64. The van der Waals surface area contributed by atoms with Gasteiger partial charge in [0.25, 0.3) is 0 Å². The number of hydrogen-bond acceptors (Lipinski definition) is 5. The largest absolute Gasteiger partial charge is 0.493 e. The lowest BCUT2D eigenvalue weighted by atomic mass is 10.2. The number of rotatable bonds is 8. The van der Waals surface area contributed by atoms with E-state index in [0.29, 0.717) is 22.2 Å². The standard InChI is InChI=1S/C19H23ClN2O5S/c1-21(12-14-8-9-17(26-2)18(10-14)27-3)19(23)13-22(28(4,24)25)16-7-5-6-15(20)11-16/h5-11H,12-13H2,1-4H3. The summed E-state index contributed by atoms with van der Waals surface area (Å²) in [7, 11) is 1.02. The topological polar surface area (TPSA) is 76.2 Å². The molecule has 0 fully saturated rings. The Balaban J connectivity index is 2.17. The Bertz CT molecular complexity index is 949. The second kappa shape index (κ2) is 9.16. The van der Waals surface area contributed by atoms with Gasteiger partial charge in [-0.15, -0.1) is 0 Å². The van der Waals surface area contributed by atoms with Crippen LogP contribution in [-0.4, -0.2) is 53.3 Å². The van der Waals surface area contributed by atoms with Crippen LogP contribution in [0.5, 0.6) is 11.5 Å². The number of amides is 1. The molecule has 0 N–H and O–H groups in total. The maximum Gasteiger partial charge on any atom is 0.243 e. The molecule has 2 aromatic rings. The van der Waals surface area contributed by atoms with Gasteiger partial charge in [0.15, 0.2) is 11.5 Å². The van der Waals surface area contributed by atoms with Crippen LogP contribution in [0.3, 0.4) is 0 Å². The number of hydrogen-bond donors (Lipinski definition) is 0. The number of likely N-dealkylation sites (N-methyl/N-ethyl adjacent to an activating group) is 1. The number of carbonyl (C=O) groups is 1. The highest BCUT2D eigenvalue weighted by atomic mass is 35.5.